The first-order valence-corrected chi connectivity index (χ1v) is 26.7. The van der Waals surface area contributed by atoms with Gasteiger partial charge in [-0.3, -0.25) is 34.6 Å². The third kappa shape index (κ3) is 10.2. The van der Waals surface area contributed by atoms with E-state index in [4.69, 9.17) is 19.6 Å². The first-order chi connectivity index (χ1) is 36.0. The number of carboxylic acid groups (broad SMARTS) is 1. The number of aryl methyl sites for hydroxylation is 1. The van der Waals surface area contributed by atoms with Crippen molar-refractivity contribution in [3.8, 4) is 16.9 Å². The number of pyridine rings is 1. The highest BCUT2D eigenvalue weighted by Crippen LogP contribution is 2.38. The van der Waals surface area contributed by atoms with Gasteiger partial charge in [-0.15, -0.1) is 0 Å². The molecule has 7 aromatic rings. The minimum atomic E-state index is -1.11. The van der Waals surface area contributed by atoms with Crippen LogP contribution in [0, 0.1) is 18.8 Å². The molecule has 11 rings (SSSR count). The fourth-order valence-electron chi connectivity index (χ4n) is 11.4. The number of anilines is 3. The van der Waals surface area contributed by atoms with Crippen molar-refractivity contribution >= 4 is 72.8 Å². The lowest BCUT2D eigenvalue weighted by Gasteiger charge is -2.36. The highest BCUT2D eigenvalue weighted by Gasteiger charge is 2.33. The summed E-state index contributed by atoms with van der Waals surface area (Å²) in [6.07, 6.45) is 5.81. The number of piperidine rings is 1. The summed E-state index contributed by atoms with van der Waals surface area (Å²) in [4.78, 5) is 67.3. The Morgan fingerprint density at radius 3 is 2.39 bits per heavy atom. The second-order valence-electron chi connectivity index (χ2n) is 20.1. The smallest absolute Gasteiger partial charge is 0.355 e. The molecule has 3 aliphatic heterocycles. The summed E-state index contributed by atoms with van der Waals surface area (Å²) < 4.78 is 15.6. The predicted molar refractivity (Wildman–Crippen MR) is 286 cm³/mol. The zero-order valence-corrected chi connectivity index (χ0v) is 42.7. The van der Waals surface area contributed by atoms with Crippen molar-refractivity contribution in [2.75, 3.05) is 74.2 Å². The zero-order valence-electron chi connectivity index (χ0n) is 41.8. The van der Waals surface area contributed by atoms with E-state index in [0.29, 0.717) is 79.5 Å². The number of para-hydroxylation sites is 2. The topological polar surface area (TPSA) is 184 Å². The number of nitrogens with one attached hydrogen (secondary N) is 2. The number of carbonyl (C=O) groups is 4. The number of thiazole rings is 1. The monoisotopic (exact) mass is 1020 g/mol. The van der Waals surface area contributed by atoms with E-state index in [1.54, 1.807) is 0 Å². The lowest BCUT2D eigenvalue weighted by Crippen LogP contribution is -2.47. The molecule has 1 unspecified atom stereocenters. The van der Waals surface area contributed by atoms with E-state index in [9.17, 15) is 24.3 Å². The van der Waals surface area contributed by atoms with Crippen LogP contribution in [0.2, 0.25) is 0 Å². The Hall–Kier alpha value is -7.21. The first-order valence-electron chi connectivity index (χ1n) is 25.9. The molecule has 6 heterocycles. The number of benzene rings is 4. The second-order valence-corrected chi connectivity index (χ2v) is 21.2. The molecule has 4 aliphatic rings. The molecule has 1 aliphatic carbocycles. The molecule has 1 saturated carbocycles. The van der Waals surface area contributed by atoms with Gasteiger partial charge in [0.15, 0.2) is 10.8 Å². The van der Waals surface area contributed by atoms with Crippen LogP contribution in [0.4, 0.5) is 16.6 Å². The molecule has 4 aromatic carbocycles. The van der Waals surface area contributed by atoms with E-state index in [0.717, 1.165) is 126 Å². The Bertz CT molecular complexity index is 3230. The molecule has 3 aromatic heterocycles. The number of piperazine rings is 1. The summed E-state index contributed by atoms with van der Waals surface area (Å²) in [5, 5.41) is 22.3. The normalized spacial score (nSPS) is 19.4. The van der Waals surface area contributed by atoms with Gasteiger partial charge in [0.2, 0.25) is 11.8 Å². The minimum absolute atomic E-state index is 0.0296. The summed E-state index contributed by atoms with van der Waals surface area (Å²) in [6.45, 7) is 9.61. The molecule has 382 valence electrons. The number of fused-ring (bicyclic) bond motifs is 3. The molecule has 17 heteroatoms. The minimum Gasteiger partial charge on any atom is -0.493 e. The second kappa shape index (κ2) is 21.3. The number of aromatic carboxylic acids is 1. The number of nitrogens with zero attached hydrogens (tertiary/aromatic N) is 7. The average molecular weight is 1020 g/mol. The van der Waals surface area contributed by atoms with Crippen LogP contribution in [-0.4, -0.2) is 113 Å². The van der Waals surface area contributed by atoms with Crippen LogP contribution in [-0.2, 0) is 34.3 Å². The Balaban J connectivity index is 0.641. The fourth-order valence-corrected chi connectivity index (χ4v) is 12.2. The van der Waals surface area contributed by atoms with E-state index >= 15 is 0 Å². The van der Waals surface area contributed by atoms with Gasteiger partial charge in [-0.2, -0.15) is 5.10 Å². The van der Waals surface area contributed by atoms with Crippen molar-refractivity contribution in [3.05, 3.63) is 125 Å². The number of carbonyl (C=O) groups excluding carboxylic acids is 3. The summed E-state index contributed by atoms with van der Waals surface area (Å²) >= 11 is 1.43. The highest BCUT2D eigenvalue weighted by atomic mass is 32.1. The summed E-state index contributed by atoms with van der Waals surface area (Å²) in [7, 11) is 1.93. The van der Waals surface area contributed by atoms with Crippen LogP contribution >= 0.6 is 11.3 Å². The van der Waals surface area contributed by atoms with Crippen LogP contribution in [0.25, 0.3) is 32.2 Å². The van der Waals surface area contributed by atoms with Gasteiger partial charge in [-0.1, -0.05) is 59.9 Å². The molecule has 16 nitrogen and oxygen atoms in total. The number of carboxylic acids is 1. The number of amides is 3. The van der Waals surface area contributed by atoms with Crippen molar-refractivity contribution in [1.82, 2.24) is 30.0 Å². The largest absolute Gasteiger partial charge is 0.493 e. The van der Waals surface area contributed by atoms with Crippen molar-refractivity contribution in [1.29, 1.82) is 0 Å². The Morgan fingerprint density at radius 1 is 0.811 bits per heavy atom. The number of hydrogen-bond acceptors (Lipinski definition) is 13. The van der Waals surface area contributed by atoms with Gasteiger partial charge in [0, 0.05) is 82.4 Å². The van der Waals surface area contributed by atoms with Crippen molar-refractivity contribution in [3.63, 3.8) is 0 Å². The van der Waals surface area contributed by atoms with Crippen molar-refractivity contribution in [2.45, 2.75) is 64.3 Å². The Labute approximate surface area is 433 Å². The Morgan fingerprint density at radius 2 is 1.59 bits per heavy atom. The van der Waals surface area contributed by atoms with E-state index < -0.39 is 11.9 Å². The van der Waals surface area contributed by atoms with Gasteiger partial charge in [-0.05, 0) is 122 Å². The van der Waals surface area contributed by atoms with Crippen LogP contribution < -0.4 is 25.2 Å². The Kier molecular flexibility index (Phi) is 14.1. The number of imide groups is 1. The summed E-state index contributed by atoms with van der Waals surface area (Å²) in [5.41, 5.74) is 8.39. The number of hydrogen-bond donors (Lipinski definition) is 3. The maximum Gasteiger partial charge on any atom is 0.355 e. The highest BCUT2D eigenvalue weighted by molar-refractivity contribution is 7.22. The van der Waals surface area contributed by atoms with E-state index in [1.165, 1.54) is 11.3 Å². The molecule has 0 bridgehead atoms. The van der Waals surface area contributed by atoms with Crippen LogP contribution in [0.5, 0.6) is 5.75 Å². The molecule has 2 saturated heterocycles. The maximum atomic E-state index is 13.7. The van der Waals surface area contributed by atoms with Gasteiger partial charge in [0.05, 0.1) is 46.2 Å². The summed E-state index contributed by atoms with van der Waals surface area (Å²) in [6, 6.07) is 29.3. The van der Waals surface area contributed by atoms with Gasteiger partial charge in [0.1, 0.15) is 11.6 Å². The number of ether oxygens (including phenoxy) is 2. The number of rotatable bonds is 15. The zero-order chi connectivity index (χ0) is 50.9. The van der Waals surface area contributed by atoms with Gasteiger partial charge < -0.3 is 24.4 Å². The first kappa shape index (κ1) is 49.0. The number of aromatic nitrogens is 4. The fraction of sp³-hybridized carbons (Fsp3) is 0.386. The molecule has 3 fully saturated rings. The molecule has 3 N–H and O–H groups in total. The lowest BCUT2D eigenvalue weighted by molar-refractivity contribution is -0.134. The lowest BCUT2D eigenvalue weighted by atomic mass is 9.83. The van der Waals surface area contributed by atoms with Crippen LogP contribution in [0.15, 0.2) is 91.0 Å². The molecular formula is C57H61N9O7S. The molecular weight excluding hydrogens is 955 g/mol. The molecule has 0 spiro atoms. The predicted octanol–water partition coefficient (Wildman–Crippen LogP) is 8.61. The third-order valence-corrected chi connectivity index (χ3v) is 16.5. The van der Waals surface area contributed by atoms with Gasteiger partial charge in [0.25, 0.3) is 5.91 Å². The average Bonchev–Trinajstić information content (AvgIpc) is 3.99. The molecule has 1 atom stereocenters. The van der Waals surface area contributed by atoms with Crippen LogP contribution in [0.1, 0.15) is 87.7 Å². The van der Waals surface area contributed by atoms with E-state index in [-0.39, 0.29) is 23.4 Å². The standard InChI is InChI=1S/C57H61N9O7S/c1-35-39(40-20-22-49(59-52(40)56(70)71)66-25-24-38-8-5-10-41(44(38)32-66)54(68)61-57-58-45-12-3-4-15-48(45)74-57)9-7-14-47(35)73-34-37-18-16-36(17-19-37)33-72-31-30-64-26-28-65(29-27-64)46-13-6-11-42-51(62-63(2)53(42)46)43-21-23-50(67)60-55(43)69/h3-15,20,22,36-37,43H,16-19,21,23-34H2,1-2H3,(H,70,71)(H,58,61,68)(H,60,67,69). The van der Waals surface area contributed by atoms with E-state index in [2.05, 4.69) is 31.5 Å². The molecule has 0 radical (unpaired) electrons. The van der Waals surface area contributed by atoms with Crippen molar-refractivity contribution in [2.24, 2.45) is 18.9 Å². The van der Waals surface area contributed by atoms with Gasteiger partial charge in [-0.25, -0.2) is 14.8 Å². The van der Waals surface area contributed by atoms with E-state index in [1.807, 2.05) is 108 Å². The SMILES string of the molecule is Cc1c(OCC2CCC(COCCN3CCN(c4cccc5c(C6CCC(=O)NC6=O)nn(C)c45)CC3)CC2)cccc1-c1ccc(N2CCc3cccc(C(=O)Nc4nc5ccccc5s4)c3C2)nc1C(=O)O. The molecule has 3 amide bonds. The third-order valence-electron chi connectivity index (χ3n) is 15.5. The quantitative estimate of drug-likeness (QED) is 0.0656. The summed E-state index contributed by atoms with van der Waals surface area (Å²) in [5.74, 6) is -0.0159. The van der Waals surface area contributed by atoms with Gasteiger partial charge >= 0.3 is 5.97 Å². The maximum absolute atomic E-state index is 13.7. The molecule has 74 heavy (non-hydrogen) atoms. The van der Waals surface area contributed by atoms with Crippen molar-refractivity contribution < 1.29 is 33.8 Å². The van der Waals surface area contributed by atoms with Crippen LogP contribution in [0.3, 0.4) is 0 Å².